The highest BCUT2D eigenvalue weighted by Crippen LogP contribution is 2.28. The van der Waals surface area contributed by atoms with Crippen LogP contribution in [0.4, 0.5) is 5.69 Å². The normalized spacial score (nSPS) is 19.1. The SMILES string of the molecule is CCN1CCC(Nc2cccc(Cl)c2)(C(N)=O)CC1. The number of hydrogen-bond donors (Lipinski definition) is 2. The molecule has 0 unspecified atom stereocenters. The van der Waals surface area contributed by atoms with Crippen molar-refractivity contribution in [1.29, 1.82) is 0 Å². The molecule has 1 aromatic carbocycles. The molecule has 1 saturated heterocycles. The Labute approximate surface area is 118 Å². The van der Waals surface area contributed by atoms with Crippen molar-refractivity contribution in [2.45, 2.75) is 25.3 Å². The monoisotopic (exact) mass is 281 g/mol. The number of nitrogens with two attached hydrogens (primary N) is 1. The highest BCUT2D eigenvalue weighted by Gasteiger charge is 2.39. The van der Waals surface area contributed by atoms with Gasteiger partial charge in [-0.3, -0.25) is 4.79 Å². The van der Waals surface area contributed by atoms with Crippen LogP contribution in [0.2, 0.25) is 5.02 Å². The molecule has 104 valence electrons. The van der Waals surface area contributed by atoms with Gasteiger partial charge in [-0.2, -0.15) is 0 Å². The Kier molecular flexibility index (Phi) is 4.32. The molecule has 2 rings (SSSR count). The van der Waals surface area contributed by atoms with E-state index in [9.17, 15) is 4.79 Å². The second-order valence-corrected chi connectivity index (χ2v) is 5.45. The van der Waals surface area contributed by atoms with Crippen LogP contribution in [0, 0.1) is 0 Å². The quantitative estimate of drug-likeness (QED) is 0.888. The van der Waals surface area contributed by atoms with Crippen LogP contribution < -0.4 is 11.1 Å². The van der Waals surface area contributed by atoms with Crippen LogP contribution in [0.15, 0.2) is 24.3 Å². The third-order valence-electron chi connectivity index (χ3n) is 3.84. The number of benzene rings is 1. The molecular formula is C14H20ClN3O. The summed E-state index contributed by atoms with van der Waals surface area (Å²) in [4.78, 5) is 14.2. The minimum absolute atomic E-state index is 0.289. The summed E-state index contributed by atoms with van der Waals surface area (Å²) in [7, 11) is 0. The van der Waals surface area contributed by atoms with Crippen LogP contribution >= 0.6 is 11.6 Å². The van der Waals surface area contributed by atoms with Gasteiger partial charge < -0.3 is 16.0 Å². The van der Waals surface area contributed by atoms with Gasteiger partial charge in [0.15, 0.2) is 0 Å². The van der Waals surface area contributed by atoms with Gasteiger partial charge in [-0.05, 0) is 37.6 Å². The zero-order chi connectivity index (χ0) is 13.9. The summed E-state index contributed by atoms with van der Waals surface area (Å²) in [6.07, 6.45) is 1.45. The van der Waals surface area contributed by atoms with Crippen LogP contribution in [0.3, 0.4) is 0 Å². The maximum Gasteiger partial charge on any atom is 0.243 e. The minimum atomic E-state index is -0.656. The summed E-state index contributed by atoms with van der Waals surface area (Å²) < 4.78 is 0. The molecule has 19 heavy (non-hydrogen) atoms. The molecule has 1 aliphatic heterocycles. The Hall–Kier alpha value is -1.26. The number of likely N-dealkylation sites (tertiary alicyclic amines) is 1. The molecule has 0 saturated carbocycles. The van der Waals surface area contributed by atoms with Crippen molar-refractivity contribution in [3.63, 3.8) is 0 Å². The molecule has 0 bridgehead atoms. The van der Waals surface area contributed by atoms with E-state index in [1.54, 1.807) is 0 Å². The van der Waals surface area contributed by atoms with Crippen molar-refractivity contribution in [2.24, 2.45) is 5.73 Å². The number of nitrogens with one attached hydrogen (secondary N) is 1. The van der Waals surface area contributed by atoms with Gasteiger partial charge >= 0.3 is 0 Å². The predicted octanol–water partition coefficient (Wildman–Crippen LogP) is 2.09. The van der Waals surface area contributed by atoms with Gasteiger partial charge in [-0.15, -0.1) is 0 Å². The molecule has 5 heteroatoms. The third-order valence-corrected chi connectivity index (χ3v) is 4.07. The highest BCUT2D eigenvalue weighted by atomic mass is 35.5. The molecule has 1 fully saturated rings. The number of anilines is 1. The van der Waals surface area contributed by atoms with Crippen molar-refractivity contribution in [3.8, 4) is 0 Å². The first-order valence-electron chi connectivity index (χ1n) is 6.62. The number of hydrogen-bond acceptors (Lipinski definition) is 3. The average Bonchev–Trinajstić information content (AvgIpc) is 2.39. The minimum Gasteiger partial charge on any atom is -0.371 e. The molecule has 0 aliphatic carbocycles. The van der Waals surface area contributed by atoms with E-state index in [2.05, 4.69) is 17.1 Å². The molecule has 0 aromatic heterocycles. The Morgan fingerprint density at radius 2 is 2.16 bits per heavy atom. The fourth-order valence-electron chi connectivity index (χ4n) is 2.53. The molecule has 3 N–H and O–H groups in total. The van der Waals surface area contributed by atoms with Gasteiger partial charge in [-0.25, -0.2) is 0 Å². The summed E-state index contributed by atoms with van der Waals surface area (Å²) in [5.41, 5.74) is 5.81. The number of halogens is 1. The van der Waals surface area contributed by atoms with Crippen LogP contribution in [0.25, 0.3) is 0 Å². The molecule has 1 amide bonds. The van der Waals surface area contributed by atoms with E-state index in [-0.39, 0.29) is 5.91 Å². The lowest BCUT2D eigenvalue weighted by atomic mass is 9.86. The van der Waals surface area contributed by atoms with E-state index < -0.39 is 5.54 Å². The van der Waals surface area contributed by atoms with Crippen molar-refractivity contribution in [3.05, 3.63) is 29.3 Å². The summed E-state index contributed by atoms with van der Waals surface area (Å²) in [6.45, 7) is 4.90. The van der Waals surface area contributed by atoms with Gasteiger partial charge in [0.1, 0.15) is 5.54 Å². The van der Waals surface area contributed by atoms with Crippen LogP contribution in [-0.4, -0.2) is 36.0 Å². The van der Waals surface area contributed by atoms with Gasteiger partial charge in [0.2, 0.25) is 5.91 Å². The smallest absolute Gasteiger partial charge is 0.243 e. The van der Waals surface area contributed by atoms with Crippen LogP contribution in [0.1, 0.15) is 19.8 Å². The Balaban J connectivity index is 2.15. The number of carbonyl (C=O) groups is 1. The van der Waals surface area contributed by atoms with Crippen LogP contribution in [-0.2, 0) is 4.79 Å². The summed E-state index contributed by atoms with van der Waals surface area (Å²) in [6, 6.07) is 7.39. The number of primary amides is 1. The van der Waals surface area contributed by atoms with E-state index in [0.29, 0.717) is 5.02 Å². The molecule has 1 heterocycles. The Morgan fingerprint density at radius 3 is 2.68 bits per heavy atom. The zero-order valence-corrected chi connectivity index (χ0v) is 11.9. The number of rotatable bonds is 4. The maximum atomic E-state index is 11.9. The maximum absolute atomic E-state index is 11.9. The number of piperidine rings is 1. The van der Waals surface area contributed by atoms with Gasteiger partial charge in [-0.1, -0.05) is 24.6 Å². The average molecular weight is 282 g/mol. The van der Waals surface area contributed by atoms with E-state index in [4.69, 9.17) is 17.3 Å². The number of amides is 1. The first-order chi connectivity index (χ1) is 9.05. The summed E-state index contributed by atoms with van der Waals surface area (Å²) in [5, 5.41) is 3.94. The standard InChI is InChI=1S/C14H20ClN3O/c1-2-18-8-6-14(7-9-18,13(16)19)17-12-5-3-4-11(15)10-12/h3-5,10,17H,2,6-9H2,1H3,(H2,16,19). The molecule has 4 nitrogen and oxygen atoms in total. The van der Waals surface area contributed by atoms with Gasteiger partial charge in [0.05, 0.1) is 0 Å². The first kappa shape index (κ1) is 14.2. The molecule has 0 radical (unpaired) electrons. The van der Waals surface area contributed by atoms with Gasteiger partial charge in [0.25, 0.3) is 0 Å². The second-order valence-electron chi connectivity index (χ2n) is 5.02. The molecule has 0 spiro atoms. The fourth-order valence-corrected chi connectivity index (χ4v) is 2.72. The predicted molar refractivity (Wildman–Crippen MR) is 78.3 cm³/mol. The Morgan fingerprint density at radius 1 is 1.47 bits per heavy atom. The van der Waals surface area contributed by atoms with Gasteiger partial charge in [0, 0.05) is 23.8 Å². The topological polar surface area (TPSA) is 58.4 Å². The Bertz CT molecular complexity index is 456. The molecule has 1 aromatic rings. The van der Waals surface area contributed by atoms with Crippen molar-refractivity contribution in [2.75, 3.05) is 25.0 Å². The lowest BCUT2D eigenvalue weighted by Crippen LogP contribution is -2.57. The van der Waals surface area contributed by atoms with E-state index in [1.807, 2.05) is 24.3 Å². The fraction of sp³-hybridized carbons (Fsp3) is 0.500. The van der Waals surface area contributed by atoms with E-state index >= 15 is 0 Å². The molecule has 1 aliphatic rings. The summed E-state index contributed by atoms with van der Waals surface area (Å²) >= 11 is 5.97. The first-order valence-corrected chi connectivity index (χ1v) is 6.99. The van der Waals surface area contributed by atoms with E-state index in [0.717, 1.165) is 38.2 Å². The van der Waals surface area contributed by atoms with Crippen LogP contribution in [0.5, 0.6) is 0 Å². The second kappa shape index (κ2) is 5.80. The van der Waals surface area contributed by atoms with Crippen molar-refractivity contribution < 1.29 is 4.79 Å². The zero-order valence-electron chi connectivity index (χ0n) is 11.2. The molecule has 0 atom stereocenters. The number of nitrogens with zero attached hydrogens (tertiary/aromatic N) is 1. The van der Waals surface area contributed by atoms with E-state index in [1.165, 1.54) is 0 Å². The largest absolute Gasteiger partial charge is 0.371 e. The lowest BCUT2D eigenvalue weighted by molar-refractivity contribution is -0.123. The summed E-state index contributed by atoms with van der Waals surface area (Å²) in [5.74, 6) is -0.289. The third kappa shape index (κ3) is 3.19. The highest BCUT2D eigenvalue weighted by molar-refractivity contribution is 6.30. The van der Waals surface area contributed by atoms with Crippen molar-refractivity contribution in [1.82, 2.24) is 4.90 Å². The van der Waals surface area contributed by atoms with Crippen molar-refractivity contribution >= 4 is 23.2 Å². The number of carbonyl (C=O) groups excluding carboxylic acids is 1. The lowest BCUT2D eigenvalue weighted by Gasteiger charge is -2.40. The molecular weight excluding hydrogens is 262 g/mol.